The lowest BCUT2D eigenvalue weighted by molar-refractivity contribution is -0.353. The summed E-state index contributed by atoms with van der Waals surface area (Å²) in [7, 11) is 0. The monoisotopic (exact) mass is 152 g/mol. The molecule has 3 N–H and O–H groups in total. The van der Waals surface area contributed by atoms with Gasteiger partial charge >= 0.3 is 0 Å². The fraction of sp³-hybridized carbons (Fsp3) is 0.800. The van der Waals surface area contributed by atoms with Crippen molar-refractivity contribution < 1.29 is 5.73 Å². The number of rotatable bonds is 1. The number of hydrogen-bond acceptors (Lipinski definition) is 0. The molecule has 0 aliphatic heterocycles. The predicted octanol–water partition coefficient (Wildman–Crippen LogP) is 1.36. The standard InChI is InChI=1S/C10H17N/c11-6-5-10-7-8-1-3-9(10)4-2-8/h5,8-9H,1-4,6-7,11H2/p+1/b10-5+. The van der Waals surface area contributed by atoms with Crippen molar-refractivity contribution in [1.29, 1.82) is 0 Å². The average Bonchev–Trinajstić information content (AvgIpc) is 2.07. The molecule has 3 aliphatic rings. The Labute approximate surface area is 68.7 Å². The van der Waals surface area contributed by atoms with Gasteiger partial charge in [0.25, 0.3) is 0 Å². The van der Waals surface area contributed by atoms with Gasteiger partial charge in [0.2, 0.25) is 0 Å². The molecule has 3 saturated carbocycles. The molecule has 0 saturated heterocycles. The number of hydrogen-bond donors (Lipinski definition) is 1. The summed E-state index contributed by atoms with van der Waals surface area (Å²) in [6.07, 6.45) is 9.71. The maximum absolute atomic E-state index is 3.89. The molecule has 3 fully saturated rings. The highest BCUT2D eigenvalue weighted by Crippen LogP contribution is 2.44. The van der Waals surface area contributed by atoms with E-state index in [2.05, 4.69) is 11.8 Å². The summed E-state index contributed by atoms with van der Waals surface area (Å²) in [5, 5.41) is 0. The lowest BCUT2D eigenvalue weighted by Gasteiger charge is -2.38. The third-order valence-corrected chi connectivity index (χ3v) is 3.30. The fourth-order valence-corrected chi connectivity index (χ4v) is 2.67. The summed E-state index contributed by atoms with van der Waals surface area (Å²) in [5.74, 6) is 2.00. The Balaban J connectivity index is 2.08. The second-order valence-corrected chi connectivity index (χ2v) is 3.99. The van der Waals surface area contributed by atoms with Gasteiger partial charge in [-0.3, -0.25) is 0 Å². The summed E-state index contributed by atoms with van der Waals surface area (Å²) >= 11 is 0. The first kappa shape index (κ1) is 7.35. The van der Waals surface area contributed by atoms with Crippen molar-refractivity contribution in [2.45, 2.75) is 32.1 Å². The van der Waals surface area contributed by atoms with E-state index in [0.717, 1.165) is 18.4 Å². The van der Waals surface area contributed by atoms with Crippen molar-refractivity contribution in [3.05, 3.63) is 11.6 Å². The molecule has 1 nitrogen and oxygen atoms in total. The van der Waals surface area contributed by atoms with Gasteiger partial charge in [0, 0.05) is 0 Å². The molecule has 0 atom stereocenters. The van der Waals surface area contributed by atoms with Gasteiger partial charge in [-0.1, -0.05) is 5.57 Å². The zero-order chi connectivity index (χ0) is 7.68. The molecule has 3 aliphatic carbocycles. The molecule has 0 aromatic heterocycles. The third-order valence-electron chi connectivity index (χ3n) is 3.30. The van der Waals surface area contributed by atoms with E-state index in [1.54, 1.807) is 5.57 Å². The summed E-state index contributed by atoms with van der Waals surface area (Å²) in [6, 6.07) is 0. The minimum Gasteiger partial charge on any atom is -0.354 e. The lowest BCUT2D eigenvalue weighted by atomic mass is 9.68. The van der Waals surface area contributed by atoms with Crippen LogP contribution >= 0.6 is 0 Å². The van der Waals surface area contributed by atoms with Crippen LogP contribution in [-0.4, -0.2) is 6.54 Å². The smallest absolute Gasteiger partial charge is 0.0929 e. The molecule has 0 aromatic rings. The van der Waals surface area contributed by atoms with Crippen molar-refractivity contribution in [3.8, 4) is 0 Å². The lowest BCUT2D eigenvalue weighted by Crippen LogP contribution is -2.49. The molecule has 62 valence electrons. The molecule has 3 rings (SSSR count). The second kappa shape index (κ2) is 2.98. The molecular formula is C10H18N+. The molecule has 1 heteroatoms. The van der Waals surface area contributed by atoms with E-state index in [-0.39, 0.29) is 0 Å². The van der Waals surface area contributed by atoms with Crippen molar-refractivity contribution in [2.24, 2.45) is 11.8 Å². The Morgan fingerprint density at radius 3 is 2.45 bits per heavy atom. The van der Waals surface area contributed by atoms with Gasteiger partial charge in [-0.2, -0.15) is 0 Å². The molecular weight excluding hydrogens is 134 g/mol. The van der Waals surface area contributed by atoms with Crippen molar-refractivity contribution in [1.82, 2.24) is 0 Å². The Kier molecular flexibility index (Phi) is 1.99. The average molecular weight is 152 g/mol. The molecule has 0 heterocycles. The quantitative estimate of drug-likeness (QED) is 0.550. The van der Waals surface area contributed by atoms with Gasteiger partial charge in [-0.25, -0.2) is 0 Å². The first-order valence-corrected chi connectivity index (χ1v) is 4.88. The van der Waals surface area contributed by atoms with Crippen molar-refractivity contribution in [3.63, 3.8) is 0 Å². The maximum atomic E-state index is 3.89. The van der Waals surface area contributed by atoms with Crippen molar-refractivity contribution in [2.75, 3.05) is 6.54 Å². The summed E-state index contributed by atoms with van der Waals surface area (Å²) in [4.78, 5) is 0. The summed E-state index contributed by atoms with van der Waals surface area (Å²) in [6.45, 7) is 0.999. The van der Waals surface area contributed by atoms with E-state index in [4.69, 9.17) is 0 Å². The Morgan fingerprint density at radius 1 is 1.27 bits per heavy atom. The van der Waals surface area contributed by atoms with E-state index in [0.29, 0.717) is 0 Å². The SMILES string of the molecule is [NH3+]C/C=C1\CC2CCC1CC2. The largest absolute Gasteiger partial charge is 0.354 e. The summed E-state index contributed by atoms with van der Waals surface area (Å²) < 4.78 is 0. The van der Waals surface area contributed by atoms with Crippen molar-refractivity contribution >= 4 is 0 Å². The fourth-order valence-electron chi connectivity index (χ4n) is 2.67. The molecule has 0 radical (unpaired) electrons. The van der Waals surface area contributed by atoms with Gasteiger partial charge in [0.1, 0.15) is 0 Å². The van der Waals surface area contributed by atoms with Crippen LogP contribution in [0.3, 0.4) is 0 Å². The second-order valence-electron chi connectivity index (χ2n) is 3.99. The zero-order valence-corrected chi connectivity index (χ0v) is 7.18. The zero-order valence-electron chi connectivity index (χ0n) is 7.18. The van der Waals surface area contributed by atoms with Crippen LogP contribution in [-0.2, 0) is 0 Å². The number of allylic oxidation sites excluding steroid dienone is 1. The Hall–Kier alpha value is -0.300. The van der Waals surface area contributed by atoms with Crippen LogP contribution in [0.1, 0.15) is 32.1 Å². The highest BCUT2D eigenvalue weighted by atomic mass is 14.5. The first-order valence-electron chi connectivity index (χ1n) is 4.88. The van der Waals surface area contributed by atoms with Gasteiger partial charge in [-0.15, -0.1) is 0 Å². The van der Waals surface area contributed by atoms with E-state index in [9.17, 15) is 0 Å². The van der Waals surface area contributed by atoms with Crippen LogP contribution in [0, 0.1) is 11.8 Å². The topological polar surface area (TPSA) is 27.6 Å². The molecule has 11 heavy (non-hydrogen) atoms. The van der Waals surface area contributed by atoms with E-state index >= 15 is 0 Å². The molecule has 0 spiro atoms. The number of fused-ring (bicyclic) bond motifs is 3. The van der Waals surface area contributed by atoms with E-state index < -0.39 is 0 Å². The van der Waals surface area contributed by atoms with Gasteiger partial charge in [0.15, 0.2) is 0 Å². The molecule has 0 unspecified atom stereocenters. The van der Waals surface area contributed by atoms with Crippen LogP contribution in [0.25, 0.3) is 0 Å². The first-order chi connectivity index (χ1) is 5.40. The van der Waals surface area contributed by atoms with E-state index in [1.165, 1.54) is 32.1 Å². The van der Waals surface area contributed by atoms with Gasteiger partial charge in [-0.05, 0) is 50.0 Å². The predicted molar refractivity (Wildman–Crippen MR) is 45.9 cm³/mol. The highest BCUT2D eigenvalue weighted by molar-refractivity contribution is 5.13. The van der Waals surface area contributed by atoms with Gasteiger partial charge < -0.3 is 5.73 Å². The van der Waals surface area contributed by atoms with Crippen LogP contribution in [0.4, 0.5) is 0 Å². The molecule has 0 aromatic carbocycles. The van der Waals surface area contributed by atoms with E-state index in [1.807, 2.05) is 0 Å². The Morgan fingerprint density at radius 2 is 2.00 bits per heavy atom. The Bertz CT molecular complexity index is 164. The van der Waals surface area contributed by atoms with Crippen LogP contribution in [0.5, 0.6) is 0 Å². The maximum Gasteiger partial charge on any atom is 0.0929 e. The highest BCUT2D eigenvalue weighted by Gasteiger charge is 2.30. The summed E-state index contributed by atoms with van der Waals surface area (Å²) in [5.41, 5.74) is 5.63. The number of quaternary nitrogens is 1. The molecule has 0 amide bonds. The van der Waals surface area contributed by atoms with Crippen LogP contribution < -0.4 is 5.73 Å². The minimum atomic E-state index is 0.960. The minimum absolute atomic E-state index is 0.960. The normalized spacial score (nSPS) is 39.9. The van der Waals surface area contributed by atoms with Crippen LogP contribution in [0.15, 0.2) is 11.6 Å². The van der Waals surface area contributed by atoms with Crippen LogP contribution in [0.2, 0.25) is 0 Å². The third kappa shape index (κ3) is 1.34. The molecule has 2 bridgehead atoms. The van der Waals surface area contributed by atoms with Gasteiger partial charge in [0.05, 0.1) is 6.54 Å².